The fourth-order valence-electron chi connectivity index (χ4n) is 6.52. The van der Waals surface area contributed by atoms with Crippen molar-refractivity contribution in [2.45, 2.75) is 71.3 Å². The number of rotatable bonds is 7. The van der Waals surface area contributed by atoms with Crippen LogP contribution in [0.4, 0.5) is 10.1 Å². The first-order chi connectivity index (χ1) is 19.7. The Labute approximate surface area is 245 Å². The zero-order chi connectivity index (χ0) is 29.1. The zero-order valence-corrected chi connectivity index (χ0v) is 24.7. The number of hydrogen-bond acceptors (Lipinski definition) is 5. The number of amides is 3. The van der Waals surface area contributed by atoms with Gasteiger partial charge in [0, 0.05) is 31.1 Å². The van der Waals surface area contributed by atoms with Crippen LogP contribution in [0.5, 0.6) is 0 Å². The Hall–Kier alpha value is -2.98. The van der Waals surface area contributed by atoms with Crippen molar-refractivity contribution < 1.29 is 18.8 Å². The van der Waals surface area contributed by atoms with E-state index in [-0.39, 0.29) is 46.0 Å². The van der Waals surface area contributed by atoms with Gasteiger partial charge in [0.25, 0.3) is 11.8 Å². The topological polar surface area (TPSA) is 110 Å². The number of piperidine rings is 2. The third-order valence-corrected chi connectivity index (χ3v) is 9.51. The Balaban J connectivity index is 1.14. The minimum Gasteiger partial charge on any atom is -0.349 e. The smallest absolute Gasteiger partial charge is 0.272 e. The number of benzene rings is 1. The molecule has 0 unspecified atom stereocenters. The van der Waals surface area contributed by atoms with Gasteiger partial charge in [0.2, 0.25) is 5.91 Å². The second-order valence-corrected chi connectivity index (χ2v) is 12.5. The molecule has 3 amide bonds. The molecule has 1 aliphatic carbocycles. The number of nitrogens with zero attached hydrogens (tertiary/aromatic N) is 3. The fourth-order valence-corrected chi connectivity index (χ4v) is 6.77. The number of hydrogen-bond donors (Lipinski definition) is 3. The summed E-state index contributed by atoms with van der Waals surface area (Å²) in [5, 5.41) is 6.18. The molecular formula is C30H40ClFN6O3. The maximum atomic E-state index is 14.0. The van der Waals surface area contributed by atoms with E-state index in [4.69, 9.17) is 11.6 Å². The first-order valence-corrected chi connectivity index (χ1v) is 15.2. The Morgan fingerprint density at radius 3 is 2.59 bits per heavy atom. The van der Waals surface area contributed by atoms with Gasteiger partial charge in [-0.05, 0) is 95.0 Å². The molecule has 0 bridgehead atoms. The van der Waals surface area contributed by atoms with E-state index in [2.05, 4.69) is 32.4 Å². The molecule has 2 saturated heterocycles. The van der Waals surface area contributed by atoms with Gasteiger partial charge < -0.3 is 25.4 Å². The molecule has 3 N–H and O–H groups in total. The first kappa shape index (κ1) is 29.5. The van der Waals surface area contributed by atoms with Crippen LogP contribution in [0, 0.1) is 24.1 Å². The van der Waals surface area contributed by atoms with Gasteiger partial charge in [0.05, 0.1) is 17.0 Å². The molecule has 222 valence electrons. The predicted molar refractivity (Wildman–Crippen MR) is 156 cm³/mol. The van der Waals surface area contributed by atoms with Gasteiger partial charge in [0.15, 0.2) is 5.69 Å². The van der Waals surface area contributed by atoms with Crippen molar-refractivity contribution in [1.82, 2.24) is 25.5 Å². The second kappa shape index (κ2) is 12.5. The summed E-state index contributed by atoms with van der Waals surface area (Å²) in [5.41, 5.74) is 0.728. The lowest BCUT2D eigenvalue weighted by Gasteiger charge is -2.45. The van der Waals surface area contributed by atoms with Crippen molar-refractivity contribution >= 4 is 35.0 Å². The molecular weight excluding hydrogens is 547 g/mol. The quantitative estimate of drug-likeness (QED) is 0.444. The summed E-state index contributed by atoms with van der Waals surface area (Å²) in [5.74, 6) is -0.355. The lowest BCUT2D eigenvalue weighted by molar-refractivity contribution is -0.132. The third kappa shape index (κ3) is 6.43. The predicted octanol–water partition coefficient (Wildman–Crippen LogP) is 4.46. The summed E-state index contributed by atoms with van der Waals surface area (Å²) in [6.07, 6.45) is 7.89. The van der Waals surface area contributed by atoms with E-state index >= 15 is 0 Å². The SMILES string of the molecule is Cc1cc(N2CCC[C@]3(CC[C@@H](NC(=O)c4[nH]cnc4C(=O)NCCN4CCC(C)CC4)CC3)C2=O)c(Cl)cc1F. The van der Waals surface area contributed by atoms with Crippen LogP contribution in [0.3, 0.4) is 0 Å². The van der Waals surface area contributed by atoms with Gasteiger partial charge >= 0.3 is 0 Å². The van der Waals surface area contributed by atoms with Gasteiger partial charge in [0.1, 0.15) is 11.5 Å². The van der Waals surface area contributed by atoms with Crippen LogP contribution in [0.1, 0.15) is 84.8 Å². The average Bonchev–Trinajstić information content (AvgIpc) is 3.45. The third-order valence-electron chi connectivity index (χ3n) is 9.20. The lowest BCUT2D eigenvalue weighted by atomic mass is 9.67. The summed E-state index contributed by atoms with van der Waals surface area (Å²) in [6, 6.07) is 2.80. The molecule has 3 heterocycles. The molecule has 1 spiro atoms. The van der Waals surface area contributed by atoms with Crippen LogP contribution in [-0.4, -0.2) is 71.4 Å². The molecule has 1 saturated carbocycles. The zero-order valence-electron chi connectivity index (χ0n) is 23.9. The highest BCUT2D eigenvalue weighted by molar-refractivity contribution is 6.34. The van der Waals surface area contributed by atoms with Gasteiger partial charge in [-0.2, -0.15) is 0 Å². The minimum absolute atomic E-state index is 0.0213. The number of anilines is 1. The van der Waals surface area contributed by atoms with Crippen molar-refractivity contribution in [3.05, 3.63) is 46.3 Å². The van der Waals surface area contributed by atoms with Crippen LogP contribution in [0.2, 0.25) is 5.02 Å². The highest BCUT2D eigenvalue weighted by Gasteiger charge is 2.47. The summed E-state index contributed by atoms with van der Waals surface area (Å²) >= 11 is 6.34. The molecule has 2 aromatic rings. The van der Waals surface area contributed by atoms with Gasteiger partial charge in [-0.25, -0.2) is 9.37 Å². The van der Waals surface area contributed by atoms with Crippen LogP contribution >= 0.6 is 11.6 Å². The van der Waals surface area contributed by atoms with Crippen molar-refractivity contribution in [1.29, 1.82) is 0 Å². The summed E-state index contributed by atoms with van der Waals surface area (Å²) in [4.78, 5) is 50.6. The Kier molecular flexibility index (Phi) is 8.99. The van der Waals surface area contributed by atoms with Crippen LogP contribution in [-0.2, 0) is 4.79 Å². The van der Waals surface area contributed by atoms with E-state index in [1.807, 2.05) is 0 Å². The van der Waals surface area contributed by atoms with Gasteiger partial charge in [-0.15, -0.1) is 0 Å². The van der Waals surface area contributed by atoms with Crippen molar-refractivity contribution in [2.75, 3.05) is 37.6 Å². The number of likely N-dealkylation sites (tertiary alicyclic amines) is 1. The average molecular weight is 587 g/mol. The van der Waals surface area contributed by atoms with Gasteiger partial charge in [-0.1, -0.05) is 18.5 Å². The normalized spacial score (nSPS) is 24.0. The van der Waals surface area contributed by atoms with E-state index in [9.17, 15) is 18.8 Å². The summed E-state index contributed by atoms with van der Waals surface area (Å²) in [6.45, 7) is 7.84. The Morgan fingerprint density at radius 1 is 1.12 bits per heavy atom. The van der Waals surface area contributed by atoms with Crippen molar-refractivity contribution in [3.8, 4) is 0 Å². The lowest BCUT2D eigenvalue weighted by Crippen LogP contribution is -2.52. The Bertz CT molecular complexity index is 1280. The van der Waals surface area contributed by atoms with Crippen molar-refractivity contribution in [2.24, 2.45) is 11.3 Å². The minimum atomic E-state index is -0.517. The summed E-state index contributed by atoms with van der Waals surface area (Å²) < 4.78 is 14.0. The second-order valence-electron chi connectivity index (χ2n) is 12.0. The van der Waals surface area contributed by atoms with E-state index in [1.54, 1.807) is 17.9 Å². The van der Waals surface area contributed by atoms with E-state index in [0.29, 0.717) is 50.0 Å². The maximum absolute atomic E-state index is 14.0. The number of carbonyl (C=O) groups is 3. The van der Waals surface area contributed by atoms with E-state index in [1.165, 1.54) is 25.2 Å². The molecule has 3 fully saturated rings. The van der Waals surface area contributed by atoms with Crippen LogP contribution in [0.15, 0.2) is 18.5 Å². The van der Waals surface area contributed by atoms with Gasteiger partial charge in [-0.3, -0.25) is 14.4 Å². The molecule has 0 atom stereocenters. The number of nitrogens with one attached hydrogen (secondary N) is 3. The largest absolute Gasteiger partial charge is 0.349 e. The number of aromatic amines is 1. The first-order valence-electron chi connectivity index (χ1n) is 14.8. The Morgan fingerprint density at radius 2 is 1.85 bits per heavy atom. The highest BCUT2D eigenvalue weighted by atomic mass is 35.5. The molecule has 2 aliphatic heterocycles. The number of imidazole rings is 1. The maximum Gasteiger partial charge on any atom is 0.272 e. The highest BCUT2D eigenvalue weighted by Crippen LogP contribution is 2.46. The molecule has 0 radical (unpaired) electrons. The fraction of sp³-hybridized carbons (Fsp3) is 0.600. The van der Waals surface area contributed by atoms with Crippen LogP contribution in [0.25, 0.3) is 0 Å². The van der Waals surface area contributed by atoms with Crippen molar-refractivity contribution in [3.63, 3.8) is 0 Å². The standard InChI is InChI=1S/C30H40ClFN6O3/c1-19-6-13-37(14-7-19)15-11-33-27(39)25-26(35-18-34-25)28(40)36-21-4-9-30(10-5-21)8-3-12-38(29(30)41)24-16-20(2)23(32)17-22(24)31/h16-19,21H,3-15H2,1-2H3,(H,33,39)(H,34,35)(H,36,40)/t21-,30-. The monoisotopic (exact) mass is 586 g/mol. The number of aryl methyl sites for hydroxylation is 1. The molecule has 1 aromatic heterocycles. The molecule has 5 rings (SSSR count). The van der Waals surface area contributed by atoms with E-state index < -0.39 is 5.41 Å². The number of halogens is 2. The number of carbonyl (C=O) groups excluding carboxylic acids is 3. The molecule has 9 nitrogen and oxygen atoms in total. The van der Waals surface area contributed by atoms with Crippen LogP contribution < -0.4 is 15.5 Å². The molecule has 1 aromatic carbocycles. The molecule has 41 heavy (non-hydrogen) atoms. The summed E-state index contributed by atoms with van der Waals surface area (Å²) in [7, 11) is 0. The number of H-pyrrole nitrogens is 1. The molecule has 3 aliphatic rings. The van der Waals surface area contributed by atoms with E-state index in [0.717, 1.165) is 38.4 Å². The number of aromatic nitrogens is 2. The molecule has 11 heteroatoms.